The summed E-state index contributed by atoms with van der Waals surface area (Å²) < 4.78 is 0. The molecule has 4 aromatic rings. The van der Waals surface area contributed by atoms with Crippen molar-refractivity contribution in [1.29, 1.82) is 0 Å². The highest BCUT2D eigenvalue weighted by molar-refractivity contribution is 7.14. The number of hydrogen-bond donors (Lipinski definition) is 2. The molecule has 3 aromatic carbocycles. The number of aromatic carboxylic acids is 1. The van der Waals surface area contributed by atoms with E-state index in [1.807, 2.05) is 78.7 Å². The van der Waals surface area contributed by atoms with Crippen LogP contribution in [0.2, 0.25) is 0 Å². The fourth-order valence-corrected chi connectivity index (χ4v) is 5.82. The van der Waals surface area contributed by atoms with E-state index < -0.39 is 5.97 Å². The van der Waals surface area contributed by atoms with Gasteiger partial charge in [-0.05, 0) is 87.7 Å². The third-order valence-corrected chi connectivity index (χ3v) is 7.71. The highest BCUT2D eigenvalue weighted by atomic mass is 32.1. The van der Waals surface area contributed by atoms with Crippen LogP contribution in [0, 0.1) is 0 Å². The van der Waals surface area contributed by atoms with Crippen molar-refractivity contribution < 1.29 is 14.7 Å². The number of hydrogen-bond acceptors (Lipinski definition) is 6. The lowest BCUT2D eigenvalue weighted by atomic mass is 10.1. The fraction of sp³-hybridized carbons (Fsp3) is 0.258. The van der Waals surface area contributed by atoms with Crippen LogP contribution in [0.4, 0.5) is 22.2 Å². The maximum atomic E-state index is 12.8. The summed E-state index contributed by atoms with van der Waals surface area (Å²) in [6.45, 7) is 6.25. The number of piperidine rings is 1. The maximum absolute atomic E-state index is 12.8. The number of amides is 1. The summed E-state index contributed by atoms with van der Waals surface area (Å²) in [7, 11) is 0. The molecule has 1 amide bonds. The molecule has 2 N–H and O–H groups in total. The lowest BCUT2D eigenvalue weighted by Gasteiger charge is -2.28. The Hall–Kier alpha value is -4.17. The molecule has 39 heavy (non-hydrogen) atoms. The third kappa shape index (κ3) is 6.12. The van der Waals surface area contributed by atoms with Crippen LogP contribution in [0.1, 0.15) is 53.8 Å². The van der Waals surface area contributed by atoms with E-state index in [0.29, 0.717) is 11.3 Å². The monoisotopic (exact) mass is 540 g/mol. The summed E-state index contributed by atoms with van der Waals surface area (Å²) in [4.78, 5) is 33.5. The zero-order valence-electron chi connectivity index (χ0n) is 22.1. The Labute approximate surface area is 232 Å². The number of anilines is 4. The second kappa shape index (κ2) is 11.7. The van der Waals surface area contributed by atoms with Gasteiger partial charge in [0.1, 0.15) is 0 Å². The SMILES string of the molecule is CC(C)N(c1cccc(C(=O)O)c1)c1nc(-c2ccc(NC(=O)c3ccc(N4CCCCC4)cc3)cc2)cs1. The lowest BCUT2D eigenvalue weighted by molar-refractivity contribution is 0.0696. The minimum absolute atomic E-state index is 0.0829. The van der Waals surface area contributed by atoms with Gasteiger partial charge < -0.3 is 20.2 Å². The van der Waals surface area contributed by atoms with Crippen molar-refractivity contribution in [3.05, 3.63) is 89.3 Å². The summed E-state index contributed by atoms with van der Waals surface area (Å²) in [6.07, 6.45) is 3.73. The smallest absolute Gasteiger partial charge is 0.335 e. The Bertz CT molecular complexity index is 1440. The molecule has 1 aliphatic rings. The molecule has 0 saturated carbocycles. The van der Waals surface area contributed by atoms with Crippen LogP contribution >= 0.6 is 11.3 Å². The van der Waals surface area contributed by atoms with Gasteiger partial charge in [0.2, 0.25) is 0 Å². The lowest BCUT2D eigenvalue weighted by Crippen LogP contribution is -2.29. The molecule has 1 aliphatic heterocycles. The predicted octanol–water partition coefficient (Wildman–Crippen LogP) is 7.30. The first-order valence-electron chi connectivity index (χ1n) is 13.2. The van der Waals surface area contributed by atoms with Crippen molar-refractivity contribution in [1.82, 2.24) is 4.98 Å². The molecule has 0 bridgehead atoms. The molecule has 8 heteroatoms. The summed E-state index contributed by atoms with van der Waals surface area (Å²) in [5.74, 6) is -1.10. The van der Waals surface area contributed by atoms with Crippen LogP contribution in [-0.2, 0) is 0 Å². The van der Waals surface area contributed by atoms with Crippen LogP contribution in [0.25, 0.3) is 11.3 Å². The largest absolute Gasteiger partial charge is 0.478 e. The first-order valence-corrected chi connectivity index (χ1v) is 14.1. The van der Waals surface area contributed by atoms with E-state index in [2.05, 4.69) is 10.2 Å². The first kappa shape index (κ1) is 26.4. The molecule has 1 saturated heterocycles. The van der Waals surface area contributed by atoms with Crippen molar-refractivity contribution in [2.24, 2.45) is 0 Å². The Morgan fingerprint density at radius 2 is 1.67 bits per heavy atom. The standard InChI is InChI=1S/C31H32N4O3S/c1-21(2)35(27-8-6-7-24(19-27)30(37)38)31-33-28(20-39-31)22-9-13-25(14-10-22)32-29(36)23-11-15-26(16-12-23)34-17-4-3-5-18-34/h6-16,19-21H,3-5,17-18H2,1-2H3,(H,32,36)(H,37,38). The van der Waals surface area contributed by atoms with E-state index in [1.165, 1.54) is 36.3 Å². The van der Waals surface area contributed by atoms with Crippen molar-refractivity contribution in [2.75, 3.05) is 28.2 Å². The Kier molecular flexibility index (Phi) is 7.93. The van der Waals surface area contributed by atoms with Crippen molar-refractivity contribution >= 4 is 45.4 Å². The van der Waals surface area contributed by atoms with Gasteiger partial charge in [0, 0.05) is 52.7 Å². The van der Waals surface area contributed by atoms with Crippen molar-refractivity contribution in [3.8, 4) is 11.3 Å². The van der Waals surface area contributed by atoms with Gasteiger partial charge in [-0.3, -0.25) is 4.79 Å². The van der Waals surface area contributed by atoms with Crippen LogP contribution in [-0.4, -0.2) is 41.1 Å². The van der Waals surface area contributed by atoms with E-state index in [9.17, 15) is 14.7 Å². The van der Waals surface area contributed by atoms with Gasteiger partial charge in [0.05, 0.1) is 11.3 Å². The van der Waals surface area contributed by atoms with Gasteiger partial charge in [-0.1, -0.05) is 18.2 Å². The molecular weight excluding hydrogens is 508 g/mol. The molecule has 1 aromatic heterocycles. The van der Waals surface area contributed by atoms with E-state index in [0.717, 1.165) is 35.2 Å². The average Bonchev–Trinajstić information content (AvgIpc) is 3.43. The Balaban J connectivity index is 1.27. The summed E-state index contributed by atoms with van der Waals surface area (Å²) in [6, 6.07) is 22.5. The number of benzene rings is 3. The van der Waals surface area contributed by atoms with Crippen LogP contribution < -0.4 is 15.1 Å². The number of rotatable bonds is 8. The topological polar surface area (TPSA) is 85.8 Å². The first-order chi connectivity index (χ1) is 18.9. The van der Waals surface area contributed by atoms with Crippen molar-refractivity contribution in [2.45, 2.75) is 39.2 Å². The highest BCUT2D eigenvalue weighted by Gasteiger charge is 2.19. The second-order valence-electron chi connectivity index (χ2n) is 9.96. The number of carboxylic acid groups (broad SMARTS) is 1. The number of aromatic nitrogens is 1. The summed E-state index contributed by atoms with van der Waals surface area (Å²) in [5, 5.41) is 15.2. The summed E-state index contributed by atoms with van der Waals surface area (Å²) in [5.41, 5.74) is 5.30. The van der Waals surface area contributed by atoms with Crippen LogP contribution in [0.15, 0.2) is 78.2 Å². The average molecular weight is 541 g/mol. The van der Waals surface area contributed by atoms with Gasteiger partial charge in [-0.25, -0.2) is 9.78 Å². The highest BCUT2D eigenvalue weighted by Crippen LogP contribution is 2.34. The molecule has 7 nitrogen and oxygen atoms in total. The van der Waals surface area contributed by atoms with Gasteiger partial charge in [0.25, 0.3) is 5.91 Å². The maximum Gasteiger partial charge on any atom is 0.335 e. The minimum atomic E-state index is -0.956. The molecule has 2 heterocycles. The molecule has 0 spiro atoms. The molecule has 0 radical (unpaired) electrons. The molecule has 1 fully saturated rings. The molecule has 5 rings (SSSR count). The van der Waals surface area contributed by atoms with Gasteiger partial charge in [-0.15, -0.1) is 11.3 Å². The number of nitrogens with zero attached hydrogens (tertiary/aromatic N) is 3. The predicted molar refractivity (Wildman–Crippen MR) is 159 cm³/mol. The number of nitrogens with one attached hydrogen (secondary N) is 1. The quantitative estimate of drug-likeness (QED) is 0.244. The number of thiazole rings is 1. The van der Waals surface area contributed by atoms with E-state index in [1.54, 1.807) is 18.2 Å². The van der Waals surface area contributed by atoms with E-state index in [-0.39, 0.29) is 17.5 Å². The molecule has 0 aliphatic carbocycles. The molecular formula is C31H32N4O3S. The second-order valence-corrected chi connectivity index (χ2v) is 10.8. The van der Waals surface area contributed by atoms with E-state index >= 15 is 0 Å². The third-order valence-electron chi connectivity index (χ3n) is 6.88. The number of carboxylic acids is 1. The number of carbonyl (C=O) groups excluding carboxylic acids is 1. The molecule has 0 unspecified atom stereocenters. The summed E-state index contributed by atoms with van der Waals surface area (Å²) >= 11 is 1.51. The molecule has 0 atom stereocenters. The van der Waals surface area contributed by atoms with Crippen LogP contribution in [0.5, 0.6) is 0 Å². The Morgan fingerprint density at radius 1 is 0.949 bits per heavy atom. The fourth-order valence-electron chi connectivity index (χ4n) is 4.83. The Morgan fingerprint density at radius 3 is 2.33 bits per heavy atom. The van der Waals surface area contributed by atoms with Crippen LogP contribution in [0.3, 0.4) is 0 Å². The van der Waals surface area contributed by atoms with Gasteiger partial charge in [0.15, 0.2) is 5.13 Å². The zero-order valence-corrected chi connectivity index (χ0v) is 22.9. The number of carbonyl (C=O) groups is 2. The normalized spacial score (nSPS) is 13.4. The minimum Gasteiger partial charge on any atom is -0.478 e. The van der Waals surface area contributed by atoms with Crippen molar-refractivity contribution in [3.63, 3.8) is 0 Å². The van der Waals surface area contributed by atoms with Gasteiger partial charge >= 0.3 is 5.97 Å². The zero-order chi connectivity index (χ0) is 27.4. The van der Waals surface area contributed by atoms with E-state index in [4.69, 9.17) is 4.98 Å². The van der Waals surface area contributed by atoms with Gasteiger partial charge in [-0.2, -0.15) is 0 Å². The molecule has 200 valence electrons.